The second kappa shape index (κ2) is 5.94. The fraction of sp³-hybridized carbons (Fsp3) is 0. The Morgan fingerprint density at radius 2 is 2.10 bits per heavy atom. The first-order valence-corrected chi connectivity index (χ1v) is 6.24. The number of hydrogen-bond donors (Lipinski definition) is 2. The minimum atomic E-state index is -0.720. The molecular formula is C12H7Cl2N3O4. The average Bonchev–Trinajstić information content (AvgIpc) is 2.43. The fourth-order valence-corrected chi connectivity index (χ4v) is 1.81. The predicted octanol–water partition coefficient (Wildman–Crippen LogP) is 3.25. The maximum Gasteiger partial charge on any atom is 0.296 e. The molecule has 0 atom stereocenters. The minimum absolute atomic E-state index is 0.0294. The van der Waals surface area contributed by atoms with E-state index in [0.29, 0.717) is 0 Å². The number of benzene rings is 1. The lowest BCUT2D eigenvalue weighted by atomic mass is 10.2. The standard InChI is InChI=1S/C12H7Cl2N3O4/c13-7-4-6(5-15-11(7)14)12(19)16-10-8(17(20)21)2-1-3-9(10)18/h1-5,18H,(H,16,19). The van der Waals surface area contributed by atoms with Gasteiger partial charge < -0.3 is 10.4 Å². The van der Waals surface area contributed by atoms with Crippen LogP contribution in [0.3, 0.4) is 0 Å². The van der Waals surface area contributed by atoms with E-state index in [1.807, 2.05) is 0 Å². The van der Waals surface area contributed by atoms with Gasteiger partial charge in [0, 0.05) is 12.3 Å². The molecule has 2 N–H and O–H groups in total. The molecule has 0 aliphatic rings. The number of hydrogen-bond acceptors (Lipinski definition) is 5. The molecule has 0 aliphatic heterocycles. The number of halogens is 2. The van der Waals surface area contributed by atoms with Crippen LogP contribution in [0.15, 0.2) is 30.5 Å². The molecule has 0 spiro atoms. The second-order valence-electron chi connectivity index (χ2n) is 3.88. The van der Waals surface area contributed by atoms with Gasteiger partial charge in [0.15, 0.2) is 5.69 Å². The summed E-state index contributed by atoms with van der Waals surface area (Å²) in [6.07, 6.45) is 1.16. The molecule has 1 aromatic heterocycles. The molecule has 0 fully saturated rings. The highest BCUT2D eigenvalue weighted by atomic mass is 35.5. The van der Waals surface area contributed by atoms with Crippen molar-refractivity contribution in [2.24, 2.45) is 0 Å². The minimum Gasteiger partial charge on any atom is -0.505 e. The maximum absolute atomic E-state index is 12.0. The summed E-state index contributed by atoms with van der Waals surface area (Å²) in [6, 6.07) is 4.93. The topological polar surface area (TPSA) is 105 Å². The van der Waals surface area contributed by atoms with Gasteiger partial charge in [0.05, 0.1) is 15.5 Å². The van der Waals surface area contributed by atoms with E-state index < -0.39 is 22.3 Å². The van der Waals surface area contributed by atoms with Gasteiger partial charge in [0.2, 0.25) is 0 Å². The van der Waals surface area contributed by atoms with Crippen molar-refractivity contribution in [2.45, 2.75) is 0 Å². The third-order valence-electron chi connectivity index (χ3n) is 2.51. The highest BCUT2D eigenvalue weighted by molar-refractivity contribution is 6.41. The van der Waals surface area contributed by atoms with Crippen molar-refractivity contribution in [1.29, 1.82) is 0 Å². The van der Waals surface area contributed by atoms with Crippen LogP contribution >= 0.6 is 23.2 Å². The number of aromatic nitrogens is 1. The lowest BCUT2D eigenvalue weighted by Crippen LogP contribution is -2.13. The first-order chi connectivity index (χ1) is 9.90. The molecule has 108 valence electrons. The Balaban J connectivity index is 2.36. The van der Waals surface area contributed by atoms with E-state index in [-0.39, 0.29) is 21.4 Å². The van der Waals surface area contributed by atoms with Crippen LogP contribution < -0.4 is 5.32 Å². The Labute approximate surface area is 128 Å². The van der Waals surface area contributed by atoms with E-state index in [2.05, 4.69) is 10.3 Å². The van der Waals surface area contributed by atoms with E-state index in [0.717, 1.165) is 12.3 Å². The molecule has 1 amide bonds. The number of nitrogens with zero attached hydrogens (tertiary/aromatic N) is 2. The molecule has 0 aliphatic carbocycles. The van der Waals surface area contributed by atoms with E-state index in [1.54, 1.807) is 0 Å². The molecule has 0 radical (unpaired) electrons. The van der Waals surface area contributed by atoms with Gasteiger partial charge in [-0.3, -0.25) is 14.9 Å². The van der Waals surface area contributed by atoms with Crippen molar-refractivity contribution >= 4 is 40.5 Å². The summed E-state index contributed by atoms with van der Waals surface area (Å²) < 4.78 is 0. The number of phenols is 1. The van der Waals surface area contributed by atoms with Crippen LogP contribution in [0.4, 0.5) is 11.4 Å². The summed E-state index contributed by atoms with van der Waals surface area (Å²) in [6.45, 7) is 0. The molecule has 7 nitrogen and oxygen atoms in total. The van der Waals surface area contributed by atoms with Crippen molar-refractivity contribution < 1.29 is 14.8 Å². The van der Waals surface area contributed by atoms with Gasteiger partial charge in [-0.05, 0) is 12.1 Å². The monoisotopic (exact) mass is 327 g/mol. The molecule has 9 heteroatoms. The highest BCUT2D eigenvalue weighted by Gasteiger charge is 2.20. The van der Waals surface area contributed by atoms with Crippen LogP contribution in [0.1, 0.15) is 10.4 Å². The largest absolute Gasteiger partial charge is 0.505 e. The van der Waals surface area contributed by atoms with Crippen LogP contribution in [-0.2, 0) is 0 Å². The summed E-state index contributed by atoms with van der Waals surface area (Å²) in [5.41, 5.74) is -0.697. The molecule has 1 heterocycles. The van der Waals surface area contributed by atoms with Crippen molar-refractivity contribution in [2.75, 3.05) is 5.32 Å². The van der Waals surface area contributed by atoms with Crippen molar-refractivity contribution in [3.63, 3.8) is 0 Å². The molecule has 21 heavy (non-hydrogen) atoms. The smallest absolute Gasteiger partial charge is 0.296 e. The number of rotatable bonds is 3. The number of carbonyl (C=O) groups is 1. The number of carbonyl (C=O) groups excluding carboxylic acids is 1. The van der Waals surface area contributed by atoms with Gasteiger partial charge in [-0.1, -0.05) is 29.3 Å². The third-order valence-corrected chi connectivity index (χ3v) is 3.20. The van der Waals surface area contributed by atoms with Gasteiger partial charge in [-0.2, -0.15) is 0 Å². The number of anilines is 1. The summed E-state index contributed by atoms with van der Waals surface area (Å²) in [5, 5.41) is 22.9. The van der Waals surface area contributed by atoms with Crippen LogP contribution in [-0.4, -0.2) is 20.9 Å². The second-order valence-corrected chi connectivity index (χ2v) is 4.64. The van der Waals surface area contributed by atoms with Gasteiger partial charge >= 0.3 is 0 Å². The summed E-state index contributed by atoms with van der Waals surface area (Å²) in [5.74, 6) is -1.14. The van der Waals surface area contributed by atoms with E-state index in [1.165, 1.54) is 18.2 Å². The maximum atomic E-state index is 12.0. The van der Waals surface area contributed by atoms with Crippen molar-refractivity contribution in [3.8, 4) is 5.75 Å². The SMILES string of the molecule is O=C(Nc1c(O)cccc1[N+](=O)[O-])c1cnc(Cl)c(Cl)c1. The Bertz CT molecular complexity index is 736. The van der Waals surface area contributed by atoms with Gasteiger partial charge in [-0.15, -0.1) is 0 Å². The number of pyridine rings is 1. The van der Waals surface area contributed by atoms with Crippen LogP contribution in [0.25, 0.3) is 0 Å². The first-order valence-electron chi connectivity index (χ1n) is 5.49. The van der Waals surface area contributed by atoms with Crippen LogP contribution in [0, 0.1) is 10.1 Å². The van der Waals surface area contributed by atoms with Gasteiger partial charge in [-0.25, -0.2) is 4.98 Å². The van der Waals surface area contributed by atoms with Gasteiger partial charge in [0.1, 0.15) is 10.9 Å². The normalized spacial score (nSPS) is 10.2. The zero-order valence-electron chi connectivity index (χ0n) is 10.2. The number of nitrogens with one attached hydrogen (secondary N) is 1. The Hall–Kier alpha value is -2.38. The zero-order valence-corrected chi connectivity index (χ0v) is 11.7. The molecule has 0 bridgehead atoms. The average molecular weight is 328 g/mol. The molecular weight excluding hydrogens is 321 g/mol. The number of aromatic hydroxyl groups is 1. The third kappa shape index (κ3) is 3.21. The zero-order chi connectivity index (χ0) is 15.6. The molecule has 2 aromatic rings. The lowest BCUT2D eigenvalue weighted by Gasteiger charge is -2.08. The first kappa shape index (κ1) is 15.0. The Morgan fingerprint density at radius 1 is 1.38 bits per heavy atom. The Morgan fingerprint density at radius 3 is 2.71 bits per heavy atom. The molecule has 2 rings (SSSR count). The number of nitro benzene ring substituents is 1. The lowest BCUT2D eigenvalue weighted by molar-refractivity contribution is -0.384. The molecule has 0 unspecified atom stereocenters. The molecule has 0 saturated heterocycles. The van der Waals surface area contributed by atoms with E-state index >= 15 is 0 Å². The van der Waals surface area contributed by atoms with E-state index in [9.17, 15) is 20.0 Å². The fourth-order valence-electron chi connectivity index (χ4n) is 1.54. The van der Waals surface area contributed by atoms with Crippen LogP contribution in [0.2, 0.25) is 10.2 Å². The summed E-state index contributed by atoms with van der Waals surface area (Å²) >= 11 is 11.4. The Kier molecular flexibility index (Phi) is 4.25. The van der Waals surface area contributed by atoms with Gasteiger partial charge in [0.25, 0.3) is 11.6 Å². The number of phenolic OH excluding ortho intramolecular Hbond substituents is 1. The van der Waals surface area contributed by atoms with Crippen LogP contribution in [0.5, 0.6) is 5.75 Å². The number of nitro groups is 1. The summed E-state index contributed by atoms with van der Waals surface area (Å²) in [7, 11) is 0. The summed E-state index contributed by atoms with van der Waals surface area (Å²) in [4.78, 5) is 25.9. The predicted molar refractivity (Wildman–Crippen MR) is 77.0 cm³/mol. The quantitative estimate of drug-likeness (QED) is 0.389. The van der Waals surface area contributed by atoms with Crippen molar-refractivity contribution in [1.82, 2.24) is 4.98 Å². The van der Waals surface area contributed by atoms with Crippen molar-refractivity contribution in [3.05, 3.63) is 56.3 Å². The number of para-hydroxylation sites is 1. The van der Waals surface area contributed by atoms with E-state index in [4.69, 9.17) is 23.2 Å². The molecule has 0 saturated carbocycles. The number of amides is 1. The highest BCUT2D eigenvalue weighted by Crippen LogP contribution is 2.33. The molecule has 1 aromatic carbocycles.